The first-order chi connectivity index (χ1) is 13.3. The molecule has 1 aromatic carbocycles. The van der Waals surface area contributed by atoms with Gasteiger partial charge in [0, 0.05) is 0 Å². The molecule has 2 aliphatic rings. The normalized spacial score (nSPS) is 22.0. The lowest BCUT2D eigenvalue weighted by molar-refractivity contribution is -0.158. The number of rotatable bonds is 5. The van der Waals surface area contributed by atoms with Crippen molar-refractivity contribution in [2.45, 2.75) is 25.9 Å². The molecule has 1 aliphatic heterocycles. The van der Waals surface area contributed by atoms with Crippen LogP contribution in [0.1, 0.15) is 19.8 Å². The molecule has 9 heteroatoms. The Morgan fingerprint density at radius 1 is 1.14 bits per heavy atom. The Hall–Kier alpha value is -3.10. The molecule has 1 fully saturated rings. The van der Waals surface area contributed by atoms with Gasteiger partial charge in [-0.2, -0.15) is 0 Å². The van der Waals surface area contributed by atoms with Crippen LogP contribution in [0.5, 0.6) is 0 Å². The van der Waals surface area contributed by atoms with Crippen molar-refractivity contribution in [2.24, 2.45) is 11.8 Å². The molecule has 1 N–H and O–H groups in total. The number of allylic oxidation sites excluding steroid dienone is 2. The molecular weight excluding hydrogens is 374 g/mol. The molecule has 3 rings (SSSR count). The van der Waals surface area contributed by atoms with Gasteiger partial charge in [0.05, 0.1) is 11.8 Å². The van der Waals surface area contributed by atoms with Crippen molar-refractivity contribution in [2.75, 3.05) is 11.9 Å². The number of nitrogens with zero attached hydrogens (tertiary/aromatic N) is 1. The average molecular weight is 392 g/mol. The number of carbonyl (C=O) groups is 4. The van der Waals surface area contributed by atoms with Crippen LogP contribution >= 0.6 is 0 Å². The number of esters is 1. The first kappa shape index (κ1) is 19.7. The number of hydrogen-bond donors (Lipinski definition) is 1. The average Bonchev–Trinajstić information content (AvgIpc) is 2.90. The topological polar surface area (TPSA) is 92.8 Å². The molecule has 3 atom stereocenters. The molecule has 1 aliphatic carbocycles. The van der Waals surface area contributed by atoms with Gasteiger partial charge in [0.25, 0.3) is 5.91 Å². The van der Waals surface area contributed by atoms with Crippen LogP contribution in [-0.4, -0.2) is 41.2 Å². The molecule has 1 heterocycles. The predicted octanol–water partition coefficient (Wildman–Crippen LogP) is 1.79. The van der Waals surface area contributed by atoms with Gasteiger partial charge in [0.1, 0.15) is 23.9 Å². The van der Waals surface area contributed by atoms with Gasteiger partial charge in [-0.1, -0.05) is 18.2 Å². The zero-order valence-corrected chi connectivity index (χ0v) is 15.0. The quantitative estimate of drug-likeness (QED) is 0.469. The number of carbonyl (C=O) groups excluding carboxylic acids is 4. The highest BCUT2D eigenvalue weighted by Crippen LogP contribution is 2.34. The van der Waals surface area contributed by atoms with Gasteiger partial charge >= 0.3 is 5.97 Å². The fourth-order valence-electron chi connectivity index (χ4n) is 3.28. The van der Waals surface area contributed by atoms with Crippen molar-refractivity contribution in [1.82, 2.24) is 4.90 Å². The lowest BCUT2D eigenvalue weighted by atomic mass is 9.85. The van der Waals surface area contributed by atoms with Crippen molar-refractivity contribution in [3.8, 4) is 0 Å². The predicted molar refractivity (Wildman–Crippen MR) is 92.6 cm³/mol. The van der Waals surface area contributed by atoms with Crippen molar-refractivity contribution in [3.05, 3.63) is 42.0 Å². The van der Waals surface area contributed by atoms with Crippen molar-refractivity contribution >= 4 is 29.4 Å². The number of likely N-dealkylation sites (tertiary alicyclic amines) is 1. The molecule has 7 nitrogen and oxygen atoms in total. The maximum absolute atomic E-state index is 13.6. The SMILES string of the molecule is C[C@H](OC(=O)CN1C(=O)[C@H]2CC=CC[C@@H]2C1=O)C(=O)Nc1c(F)cccc1F. The summed E-state index contributed by atoms with van der Waals surface area (Å²) in [5, 5.41) is 2.01. The minimum absolute atomic E-state index is 0.438. The second-order valence-electron chi connectivity index (χ2n) is 6.64. The van der Waals surface area contributed by atoms with Crippen LogP contribution in [0.15, 0.2) is 30.4 Å². The standard InChI is InChI=1S/C19H18F2N2O5/c1-10(17(25)22-16-13(20)7-4-8-14(16)21)28-15(24)9-23-18(26)11-5-2-3-6-12(11)19(23)27/h2-4,7-8,10-12H,5-6,9H2,1H3,(H,22,25)/t10-,11-,12-/m0/s1. The van der Waals surface area contributed by atoms with Crippen LogP contribution < -0.4 is 5.32 Å². The number of nitrogens with one attached hydrogen (secondary N) is 1. The Bertz CT molecular complexity index is 824. The zero-order chi connectivity index (χ0) is 20.4. The van der Waals surface area contributed by atoms with E-state index in [1.54, 1.807) is 0 Å². The van der Waals surface area contributed by atoms with Crippen LogP contribution in [0.3, 0.4) is 0 Å². The summed E-state index contributed by atoms with van der Waals surface area (Å²) in [5.41, 5.74) is -0.656. The number of hydrogen-bond acceptors (Lipinski definition) is 5. The molecule has 0 saturated carbocycles. The van der Waals surface area contributed by atoms with E-state index in [0.29, 0.717) is 12.8 Å². The Labute approximate surface area is 159 Å². The molecule has 0 radical (unpaired) electrons. The number of para-hydroxylation sites is 1. The molecule has 1 aromatic rings. The van der Waals surface area contributed by atoms with E-state index in [4.69, 9.17) is 4.74 Å². The summed E-state index contributed by atoms with van der Waals surface area (Å²) >= 11 is 0. The third kappa shape index (κ3) is 3.78. The van der Waals surface area contributed by atoms with Gasteiger partial charge in [-0.25, -0.2) is 8.78 Å². The smallest absolute Gasteiger partial charge is 0.326 e. The van der Waals surface area contributed by atoms with E-state index < -0.39 is 65.5 Å². The molecule has 0 unspecified atom stereocenters. The van der Waals surface area contributed by atoms with Gasteiger partial charge in [-0.15, -0.1) is 0 Å². The lowest BCUT2D eigenvalue weighted by Gasteiger charge is -2.17. The number of benzene rings is 1. The van der Waals surface area contributed by atoms with Crippen LogP contribution in [0.2, 0.25) is 0 Å². The number of anilines is 1. The summed E-state index contributed by atoms with van der Waals surface area (Å²) in [4.78, 5) is 49.6. The molecular formula is C19H18F2N2O5. The summed E-state index contributed by atoms with van der Waals surface area (Å²) in [5.74, 6) is -5.71. The van der Waals surface area contributed by atoms with E-state index in [2.05, 4.69) is 0 Å². The molecule has 0 bridgehead atoms. The fraction of sp³-hybridized carbons (Fsp3) is 0.368. The number of imide groups is 1. The van der Waals surface area contributed by atoms with E-state index >= 15 is 0 Å². The zero-order valence-electron chi connectivity index (χ0n) is 15.0. The summed E-state index contributed by atoms with van der Waals surface area (Å²) < 4.78 is 32.1. The van der Waals surface area contributed by atoms with Crippen molar-refractivity contribution in [1.29, 1.82) is 0 Å². The fourth-order valence-corrected chi connectivity index (χ4v) is 3.28. The Kier molecular flexibility index (Phi) is 5.53. The maximum atomic E-state index is 13.6. The molecule has 0 aromatic heterocycles. The summed E-state index contributed by atoms with van der Waals surface area (Å²) in [7, 11) is 0. The highest BCUT2D eigenvalue weighted by atomic mass is 19.1. The van der Waals surface area contributed by atoms with E-state index in [1.807, 2.05) is 17.5 Å². The van der Waals surface area contributed by atoms with E-state index in [1.165, 1.54) is 6.92 Å². The van der Waals surface area contributed by atoms with Crippen molar-refractivity contribution in [3.63, 3.8) is 0 Å². The van der Waals surface area contributed by atoms with Crippen LogP contribution in [0.4, 0.5) is 14.5 Å². The molecule has 0 spiro atoms. The number of halogens is 2. The monoisotopic (exact) mass is 392 g/mol. The van der Waals surface area contributed by atoms with Crippen LogP contribution in [-0.2, 0) is 23.9 Å². The molecule has 3 amide bonds. The van der Waals surface area contributed by atoms with E-state index in [0.717, 1.165) is 23.1 Å². The highest BCUT2D eigenvalue weighted by Gasteiger charge is 2.47. The Balaban J connectivity index is 1.58. The number of amides is 3. The van der Waals surface area contributed by atoms with Gasteiger partial charge in [0.2, 0.25) is 11.8 Å². The number of fused-ring (bicyclic) bond motifs is 1. The third-order valence-electron chi connectivity index (χ3n) is 4.77. The summed E-state index contributed by atoms with van der Waals surface area (Å²) in [6, 6.07) is 3.07. The largest absolute Gasteiger partial charge is 0.451 e. The van der Waals surface area contributed by atoms with Gasteiger partial charge in [-0.3, -0.25) is 24.1 Å². The minimum atomic E-state index is -1.39. The van der Waals surface area contributed by atoms with Crippen molar-refractivity contribution < 1.29 is 32.7 Å². The molecule has 148 valence electrons. The van der Waals surface area contributed by atoms with E-state index in [-0.39, 0.29) is 0 Å². The van der Waals surface area contributed by atoms with Gasteiger partial charge in [-0.05, 0) is 31.9 Å². The van der Waals surface area contributed by atoms with Crippen LogP contribution in [0.25, 0.3) is 0 Å². The minimum Gasteiger partial charge on any atom is -0.451 e. The summed E-state index contributed by atoms with van der Waals surface area (Å²) in [6.07, 6.45) is 3.13. The Morgan fingerprint density at radius 3 is 2.21 bits per heavy atom. The van der Waals surface area contributed by atoms with E-state index in [9.17, 15) is 28.0 Å². The summed E-state index contributed by atoms with van der Waals surface area (Å²) in [6.45, 7) is 0.597. The van der Waals surface area contributed by atoms with Gasteiger partial charge < -0.3 is 10.1 Å². The third-order valence-corrected chi connectivity index (χ3v) is 4.77. The molecule has 1 saturated heterocycles. The van der Waals surface area contributed by atoms with Crippen LogP contribution in [0, 0.1) is 23.5 Å². The second kappa shape index (κ2) is 7.87. The Morgan fingerprint density at radius 2 is 1.68 bits per heavy atom. The van der Waals surface area contributed by atoms with Gasteiger partial charge in [0.15, 0.2) is 6.10 Å². The molecule has 28 heavy (non-hydrogen) atoms. The first-order valence-corrected chi connectivity index (χ1v) is 8.74. The first-order valence-electron chi connectivity index (χ1n) is 8.74. The lowest BCUT2D eigenvalue weighted by Crippen LogP contribution is -2.39. The highest BCUT2D eigenvalue weighted by molar-refractivity contribution is 6.07. The number of ether oxygens (including phenoxy) is 1. The maximum Gasteiger partial charge on any atom is 0.326 e. The second-order valence-corrected chi connectivity index (χ2v) is 6.64.